The van der Waals surface area contributed by atoms with Crippen LogP contribution in [-0.2, 0) is 4.79 Å². The summed E-state index contributed by atoms with van der Waals surface area (Å²) < 4.78 is 0. The molecule has 0 amide bonds. The molecule has 76 valence electrons. The summed E-state index contributed by atoms with van der Waals surface area (Å²) in [5, 5.41) is 11.6. The third kappa shape index (κ3) is 2.99. The molecule has 0 heterocycles. The molecule has 1 fully saturated rings. The van der Waals surface area contributed by atoms with E-state index in [0.717, 1.165) is 6.54 Å². The van der Waals surface area contributed by atoms with Crippen molar-refractivity contribution in [2.75, 3.05) is 13.1 Å². The van der Waals surface area contributed by atoms with Crippen LogP contribution in [0.3, 0.4) is 0 Å². The summed E-state index contributed by atoms with van der Waals surface area (Å²) in [4.78, 5) is 10.2. The van der Waals surface area contributed by atoms with Gasteiger partial charge in [-0.15, -0.1) is 0 Å². The number of hydrogen-bond donors (Lipinski definition) is 2. The molecular formula is C10H19NO2. The van der Waals surface area contributed by atoms with Crippen molar-refractivity contribution in [2.24, 2.45) is 11.3 Å². The number of hydrogen-bond acceptors (Lipinski definition) is 2. The lowest BCUT2D eigenvalue weighted by atomic mass is 9.92. The molecule has 2 N–H and O–H groups in total. The Kier molecular flexibility index (Phi) is 3.31. The first-order valence-electron chi connectivity index (χ1n) is 4.99. The highest BCUT2D eigenvalue weighted by Gasteiger charge is 2.44. The molecule has 0 aromatic heterocycles. The minimum absolute atomic E-state index is 0.230. The molecule has 0 bridgehead atoms. The van der Waals surface area contributed by atoms with E-state index >= 15 is 0 Å². The van der Waals surface area contributed by atoms with Crippen LogP contribution in [0.4, 0.5) is 0 Å². The Morgan fingerprint density at radius 1 is 1.54 bits per heavy atom. The lowest BCUT2D eigenvalue weighted by molar-refractivity contribution is -0.136. The molecule has 0 aliphatic heterocycles. The highest BCUT2D eigenvalue weighted by Crippen LogP contribution is 2.51. The Hall–Kier alpha value is -0.570. The van der Waals surface area contributed by atoms with Crippen molar-refractivity contribution in [3.05, 3.63) is 0 Å². The van der Waals surface area contributed by atoms with Crippen LogP contribution in [0.2, 0.25) is 0 Å². The van der Waals surface area contributed by atoms with Gasteiger partial charge in [-0.1, -0.05) is 13.8 Å². The van der Waals surface area contributed by atoms with Crippen molar-refractivity contribution in [3.8, 4) is 0 Å². The van der Waals surface area contributed by atoms with E-state index in [-0.39, 0.29) is 6.42 Å². The van der Waals surface area contributed by atoms with Crippen molar-refractivity contribution in [2.45, 2.75) is 33.1 Å². The van der Waals surface area contributed by atoms with E-state index in [1.54, 1.807) is 0 Å². The van der Waals surface area contributed by atoms with Crippen LogP contribution in [0.5, 0.6) is 0 Å². The van der Waals surface area contributed by atoms with Gasteiger partial charge in [-0.05, 0) is 24.2 Å². The van der Waals surface area contributed by atoms with Crippen LogP contribution >= 0.6 is 0 Å². The molecule has 13 heavy (non-hydrogen) atoms. The third-order valence-corrected chi connectivity index (χ3v) is 3.11. The first kappa shape index (κ1) is 10.5. The van der Waals surface area contributed by atoms with Gasteiger partial charge in [0, 0.05) is 13.1 Å². The van der Waals surface area contributed by atoms with Gasteiger partial charge in [-0.3, -0.25) is 4.79 Å². The maximum atomic E-state index is 10.2. The van der Waals surface area contributed by atoms with E-state index in [4.69, 9.17) is 5.11 Å². The average molecular weight is 185 g/mol. The smallest absolute Gasteiger partial charge is 0.304 e. The van der Waals surface area contributed by atoms with Crippen LogP contribution in [0.25, 0.3) is 0 Å². The van der Waals surface area contributed by atoms with Crippen LogP contribution in [0.1, 0.15) is 33.1 Å². The Morgan fingerprint density at radius 3 is 2.54 bits per heavy atom. The zero-order valence-corrected chi connectivity index (χ0v) is 8.47. The molecule has 3 nitrogen and oxygen atoms in total. The second-order valence-electron chi connectivity index (χ2n) is 4.34. The quantitative estimate of drug-likeness (QED) is 0.616. The summed E-state index contributed by atoms with van der Waals surface area (Å²) >= 11 is 0. The molecule has 0 spiro atoms. The minimum atomic E-state index is -0.720. The number of aliphatic carboxylic acids is 1. The third-order valence-electron chi connectivity index (χ3n) is 3.11. The summed E-state index contributed by atoms with van der Waals surface area (Å²) in [6.07, 6.45) is 2.82. The number of carboxylic acid groups (broad SMARTS) is 1. The topological polar surface area (TPSA) is 49.3 Å². The fourth-order valence-electron chi connectivity index (χ4n) is 1.65. The summed E-state index contributed by atoms with van der Waals surface area (Å²) in [5.41, 5.74) is 0.485. The zero-order chi connectivity index (χ0) is 9.90. The maximum Gasteiger partial charge on any atom is 0.304 e. The Morgan fingerprint density at radius 2 is 2.15 bits per heavy atom. The molecule has 0 aromatic carbocycles. The van der Waals surface area contributed by atoms with Gasteiger partial charge in [0.1, 0.15) is 0 Å². The molecule has 1 saturated carbocycles. The van der Waals surface area contributed by atoms with Crippen LogP contribution in [-0.4, -0.2) is 24.2 Å². The SMILES string of the molecule is CC(C)C1(CNCCC(=O)O)CC1. The van der Waals surface area contributed by atoms with E-state index in [0.29, 0.717) is 17.9 Å². The van der Waals surface area contributed by atoms with E-state index in [2.05, 4.69) is 19.2 Å². The Labute approximate surface area is 79.5 Å². The summed E-state index contributed by atoms with van der Waals surface area (Å²) in [6, 6.07) is 0. The predicted octanol–water partition coefficient (Wildman–Crippen LogP) is 1.49. The Bertz CT molecular complexity index is 185. The standard InChI is InChI=1S/C10H19NO2/c1-8(2)10(4-5-10)7-11-6-3-9(12)13/h8,11H,3-7H2,1-2H3,(H,12,13). The first-order valence-corrected chi connectivity index (χ1v) is 4.99. The number of carboxylic acids is 1. The summed E-state index contributed by atoms with van der Waals surface area (Å²) in [5.74, 6) is -0.00766. The number of carbonyl (C=O) groups is 1. The van der Waals surface area contributed by atoms with E-state index in [9.17, 15) is 4.79 Å². The monoisotopic (exact) mass is 185 g/mol. The zero-order valence-electron chi connectivity index (χ0n) is 8.47. The average Bonchev–Trinajstić information content (AvgIpc) is 2.78. The number of rotatable bonds is 6. The summed E-state index contributed by atoms with van der Waals surface area (Å²) in [7, 11) is 0. The van der Waals surface area contributed by atoms with Gasteiger partial charge >= 0.3 is 5.97 Å². The lowest BCUT2D eigenvalue weighted by Crippen LogP contribution is -2.29. The van der Waals surface area contributed by atoms with Crippen LogP contribution < -0.4 is 5.32 Å². The highest BCUT2D eigenvalue weighted by molar-refractivity contribution is 5.66. The van der Waals surface area contributed by atoms with Gasteiger partial charge in [-0.25, -0.2) is 0 Å². The van der Waals surface area contributed by atoms with Gasteiger partial charge in [-0.2, -0.15) is 0 Å². The second-order valence-corrected chi connectivity index (χ2v) is 4.34. The lowest BCUT2D eigenvalue weighted by Gasteiger charge is -2.19. The first-order chi connectivity index (χ1) is 6.07. The molecule has 0 unspecified atom stereocenters. The molecule has 1 aliphatic rings. The van der Waals surface area contributed by atoms with E-state index in [1.807, 2.05) is 0 Å². The highest BCUT2D eigenvalue weighted by atomic mass is 16.4. The van der Waals surface area contributed by atoms with Gasteiger partial charge in [0.25, 0.3) is 0 Å². The molecular weight excluding hydrogens is 166 g/mol. The van der Waals surface area contributed by atoms with Crippen molar-refractivity contribution in [1.29, 1.82) is 0 Å². The summed E-state index contributed by atoms with van der Waals surface area (Å²) in [6.45, 7) is 6.07. The molecule has 1 rings (SSSR count). The molecule has 3 heteroatoms. The minimum Gasteiger partial charge on any atom is -0.481 e. The van der Waals surface area contributed by atoms with Crippen molar-refractivity contribution >= 4 is 5.97 Å². The molecule has 0 aromatic rings. The van der Waals surface area contributed by atoms with Gasteiger partial charge in [0.2, 0.25) is 0 Å². The van der Waals surface area contributed by atoms with E-state index < -0.39 is 5.97 Å². The van der Waals surface area contributed by atoms with E-state index in [1.165, 1.54) is 12.8 Å². The molecule has 0 saturated heterocycles. The fraction of sp³-hybridized carbons (Fsp3) is 0.900. The van der Waals surface area contributed by atoms with Crippen molar-refractivity contribution in [1.82, 2.24) is 5.32 Å². The van der Waals surface area contributed by atoms with Gasteiger partial charge in [0.05, 0.1) is 6.42 Å². The van der Waals surface area contributed by atoms with Crippen LogP contribution in [0.15, 0.2) is 0 Å². The Balaban J connectivity index is 2.09. The van der Waals surface area contributed by atoms with Crippen molar-refractivity contribution < 1.29 is 9.90 Å². The number of nitrogens with one attached hydrogen (secondary N) is 1. The maximum absolute atomic E-state index is 10.2. The largest absolute Gasteiger partial charge is 0.481 e. The van der Waals surface area contributed by atoms with Gasteiger partial charge < -0.3 is 10.4 Å². The van der Waals surface area contributed by atoms with Crippen molar-refractivity contribution in [3.63, 3.8) is 0 Å². The predicted molar refractivity (Wildman–Crippen MR) is 51.6 cm³/mol. The fourth-order valence-corrected chi connectivity index (χ4v) is 1.65. The molecule has 1 aliphatic carbocycles. The molecule has 0 radical (unpaired) electrons. The normalized spacial score (nSPS) is 19.0. The molecule has 0 atom stereocenters. The van der Waals surface area contributed by atoms with Gasteiger partial charge in [0.15, 0.2) is 0 Å². The second kappa shape index (κ2) is 4.09. The van der Waals surface area contributed by atoms with Crippen LogP contribution in [0, 0.1) is 11.3 Å².